The van der Waals surface area contributed by atoms with E-state index in [2.05, 4.69) is 30.2 Å². The molecule has 16 heavy (non-hydrogen) atoms. The molecule has 0 bridgehead atoms. The Morgan fingerprint density at radius 3 is 2.75 bits per heavy atom. The van der Waals surface area contributed by atoms with E-state index in [1.54, 1.807) is 0 Å². The predicted octanol–water partition coefficient (Wildman–Crippen LogP) is 2.28. The number of nitrogens with two attached hydrogens (primary N) is 1. The smallest absolute Gasteiger partial charge is 0.0764 e. The molecular formula is C13H17N3. The number of benzene rings is 1. The Balaban J connectivity index is 2.38. The highest BCUT2D eigenvalue weighted by Crippen LogP contribution is 2.15. The average molecular weight is 215 g/mol. The fourth-order valence-electron chi connectivity index (χ4n) is 1.82. The fourth-order valence-corrected chi connectivity index (χ4v) is 1.82. The van der Waals surface area contributed by atoms with Gasteiger partial charge in [0.1, 0.15) is 0 Å². The molecule has 2 N–H and O–H groups in total. The van der Waals surface area contributed by atoms with E-state index in [4.69, 9.17) is 5.73 Å². The minimum absolute atomic E-state index is 0.489. The molecule has 2 aromatic rings. The fraction of sp³-hybridized carbons (Fsp3) is 0.308. The lowest BCUT2D eigenvalue weighted by molar-refractivity contribution is 0.811. The highest BCUT2D eigenvalue weighted by molar-refractivity contribution is 5.40. The maximum absolute atomic E-state index is 5.56. The summed E-state index contributed by atoms with van der Waals surface area (Å²) in [6.45, 7) is 2.67. The summed E-state index contributed by atoms with van der Waals surface area (Å²) in [6, 6.07) is 10.3. The Kier molecular flexibility index (Phi) is 3.37. The minimum atomic E-state index is 0.489. The quantitative estimate of drug-likeness (QED) is 0.850. The third kappa shape index (κ3) is 2.14. The number of nitrogens with zero attached hydrogens (tertiary/aromatic N) is 2. The Labute approximate surface area is 95.9 Å². The molecule has 0 saturated heterocycles. The van der Waals surface area contributed by atoms with Gasteiger partial charge in [0.2, 0.25) is 0 Å². The molecule has 0 aliphatic rings. The molecule has 3 heteroatoms. The van der Waals surface area contributed by atoms with Crippen molar-refractivity contribution in [3.63, 3.8) is 0 Å². The van der Waals surface area contributed by atoms with Crippen LogP contribution in [0.2, 0.25) is 0 Å². The predicted molar refractivity (Wildman–Crippen MR) is 65.5 cm³/mol. The van der Waals surface area contributed by atoms with Crippen LogP contribution >= 0.6 is 0 Å². The van der Waals surface area contributed by atoms with E-state index < -0.39 is 0 Å². The highest BCUT2D eigenvalue weighted by Gasteiger charge is 2.04. The molecule has 2 rings (SSSR count). The first kappa shape index (κ1) is 10.9. The molecule has 0 aliphatic carbocycles. The standard InChI is InChI=1S/C13H17N3/c1-2-5-11-6-3-4-7-13(11)16-9-8-12(10-14)15-16/h3-4,6-9H,2,5,10,14H2,1H3. The molecule has 0 saturated carbocycles. The van der Waals surface area contributed by atoms with Crippen molar-refractivity contribution in [1.29, 1.82) is 0 Å². The number of aryl methyl sites for hydroxylation is 1. The lowest BCUT2D eigenvalue weighted by atomic mass is 10.1. The minimum Gasteiger partial charge on any atom is -0.325 e. The normalized spacial score (nSPS) is 10.6. The monoisotopic (exact) mass is 215 g/mol. The van der Waals surface area contributed by atoms with E-state index in [1.165, 1.54) is 5.56 Å². The molecule has 84 valence electrons. The molecule has 0 unspecified atom stereocenters. The summed E-state index contributed by atoms with van der Waals surface area (Å²) in [5.74, 6) is 0. The molecule has 3 nitrogen and oxygen atoms in total. The van der Waals surface area contributed by atoms with Gasteiger partial charge in [-0.25, -0.2) is 4.68 Å². The van der Waals surface area contributed by atoms with E-state index in [-0.39, 0.29) is 0 Å². The highest BCUT2D eigenvalue weighted by atomic mass is 15.3. The third-order valence-electron chi connectivity index (χ3n) is 2.61. The van der Waals surface area contributed by atoms with Crippen LogP contribution in [0.15, 0.2) is 36.5 Å². The zero-order valence-electron chi connectivity index (χ0n) is 9.56. The number of hydrogen-bond acceptors (Lipinski definition) is 2. The molecule has 1 heterocycles. The topological polar surface area (TPSA) is 43.8 Å². The Hall–Kier alpha value is -1.61. The van der Waals surface area contributed by atoms with Crippen LogP contribution in [0.25, 0.3) is 5.69 Å². The second-order valence-corrected chi connectivity index (χ2v) is 3.83. The molecule has 0 fully saturated rings. The average Bonchev–Trinajstić information content (AvgIpc) is 2.79. The van der Waals surface area contributed by atoms with Crippen molar-refractivity contribution >= 4 is 0 Å². The van der Waals surface area contributed by atoms with Gasteiger partial charge in [-0.15, -0.1) is 0 Å². The van der Waals surface area contributed by atoms with Gasteiger partial charge in [0.15, 0.2) is 0 Å². The zero-order chi connectivity index (χ0) is 11.4. The second kappa shape index (κ2) is 4.94. The van der Waals surface area contributed by atoms with Gasteiger partial charge in [-0.2, -0.15) is 5.10 Å². The Morgan fingerprint density at radius 2 is 2.06 bits per heavy atom. The van der Waals surface area contributed by atoms with E-state index in [0.717, 1.165) is 24.2 Å². The first-order valence-electron chi connectivity index (χ1n) is 5.68. The maximum atomic E-state index is 5.56. The van der Waals surface area contributed by atoms with Crippen LogP contribution in [0.5, 0.6) is 0 Å². The zero-order valence-corrected chi connectivity index (χ0v) is 9.56. The van der Waals surface area contributed by atoms with Crippen LogP contribution in [0, 0.1) is 0 Å². The number of aromatic nitrogens is 2. The van der Waals surface area contributed by atoms with Gasteiger partial charge in [0, 0.05) is 12.7 Å². The van der Waals surface area contributed by atoms with Crippen molar-refractivity contribution in [2.75, 3.05) is 0 Å². The summed E-state index contributed by atoms with van der Waals surface area (Å²) in [6.07, 6.45) is 4.19. The Morgan fingerprint density at radius 1 is 1.25 bits per heavy atom. The SMILES string of the molecule is CCCc1ccccc1-n1ccc(CN)n1. The molecule has 0 spiro atoms. The van der Waals surface area contributed by atoms with Crippen LogP contribution in [-0.4, -0.2) is 9.78 Å². The molecule has 0 amide bonds. The van der Waals surface area contributed by atoms with E-state index in [9.17, 15) is 0 Å². The lowest BCUT2D eigenvalue weighted by Gasteiger charge is -2.08. The number of para-hydroxylation sites is 1. The molecule has 1 aromatic heterocycles. The largest absolute Gasteiger partial charge is 0.325 e. The summed E-state index contributed by atoms with van der Waals surface area (Å²) < 4.78 is 1.91. The first-order valence-corrected chi connectivity index (χ1v) is 5.68. The molecule has 0 radical (unpaired) electrons. The van der Waals surface area contributed by atoms with E-state index >= 15 is 0 Å². The van der Waals surface area contributed by atoms with Crippen LogP contribution in [-0.2, 0) is 13.0 Å². The number of rotatable bonds is 4. The van der Waals surface area contributed by atoms with Crippen LogP contribution < -0.4 is 5.73 Å². The summed E-state index contributed by atoms with van der Waals surface area (Å²) in [4.78, 5) is 0. The third-order valence-corrected chi connectivity index (χ3v) is 2.61. The Bertz CT molecular complexity index is 460. The molecular weight excluding hydrogens is 198 g/mol. The molecule has 0 atom stereocenters. The van der Waals surface area contributed by atoms with Crippen molar-refractivity contribution in [3.8, 4) is 5.69 Å². The van der Waals surface area contributed by atoms with Gasteiger partial charge >= 0.3 is 0 Å². The van der Waals surface area contributed by atoms with Gasteiger partial charge in [0.05, 0.1) is 11.4 Å². The van der Waals surface area contributed by atoms with Crippen molar-refractivity contribution in [3.05, 3.63) is 47.8 Å². The van der Waals surface area contributed by atoms with Crippen molar-refractivity contribution in [2.45, 2.75) is 26.3 Å². The summed E-state index contributed by atoms with van der Waals surface area (Å²) in [7, 11) is 0. The van der Waals surface area contributed by atoms with Gasteiger partial charge in [-0.3, -0.25) is 0 Å². The second-order valence-electron chi connectivity index (χ2n) is 3.83. The van der Waals surface area contributed by atoms with Crippen molar-refractivity contribution in [2.24, 2.45) is 5.73 Å². The summed E-state index contributed by atoms with van der Waals surface area (Å²) in [5, 5.41) is 4.43. The van der Waals surface area contributed by atoms with Crippen LogP contribution in [0.4, 0.5) is 0 Å². The maximum Gasteiger partial charge on any atom is 0.0764 e. The van der Waals surface area contributed by atoms with E-state index in [0.29, 0.717) is 6.54 Å². The van der Waals surface area contributed by atoms with Crippen molar-refractivity contribution < 1.29 is 0 Å². The van der Waals surface area contributed by atoms with Crippen LogP contribution in [0.3, 0.4) is 0 Å². The first-order chi connectivity index (χ1) is 7.85. The van der Waals surface area contributed by atoms with Gasteiger partial charge in [0.25, 0.3) is 0 Å². The summed E-state index contributed by atoms with van der Waals surface area (Å²) >= 11 is 0. The van der Waals surface area contributed by atoms with E-state index in [1.807, 2.05) is 23.0 Å². The lowest BCUT2D eigenvalue weighted by Crippen LogP contribution is -2.03. The van der Waals surface area contributed by atoms with Crippen LogP contribution in [0.1, 0.15) is 24.6 Å². The van der Waals surface area contributed by atoms with Crippen molar-refractivity contribution in [1.82, 2.24) is 9.78 Å². The van der Waals surface area contributed by atoms with Gasteiger partial charge < -0.3 is 5.73 Å². The number of hydrogen-bond donors (Lipinski definition) is 1. The molecule has 1 aromatic carbocycles. The molecule has 0 aliphatic heterocycles. The van der Waals surface area contributed by atoms with Gasteiger partial charge in [-0.05, 0) is 24.1 Å². The van der Waals surface area contributed by atoms with Gasteiger partial charge in [-0.1, -0.05) is 31.5 Å². The summed E-state index contributed by atoms with van der Waals surface area (Å²) in [5.41, 5.74) is 8.97.